The minimum Gasteiger partial charge on any atom is -0.480 e. The minimum absolute atomic E-state index is 0.278. The average Bonchev–Trinajstić information content (AvgIpc) is 2.67. The van der Waals surface area contributed by atoms with Crippen LogP contribution in [0.25, 0.3) is 0 Å². The molecule has 0 aliphatic rings. The lowest BCUT2D eigenvalue weighted by Gasteiger charge is -2.26. The number of amides is 2. The first-order valence-corrected chi connectivity index (χ1v) is 7.96. The number of rotatable bonds is 9. The van der Waals surface area contributed by atoms with Gasteiger partial charge in [0.1, 0.15) is 12.1 Å². The Bertz CT molecular complexity index is 647. The molecule has 0 bridgehead atoms. The Morgan fingerprint density at radius 2 is 0.875 bits per heavy atom. The third-order valence-corrected chi connectivity index (χ3v) is 2.75. The number of carboxylic acids is 4. The summed E-state index contributed by atoms with van der Waals surface area (Å²) in [5.41, 5.74) is 9.14. The Morgan fingerprint density at radius 1 is 0.688 bits per heavy atom. The summed E-state index contributed by atoms with van der Waals surface area (Å²) in [4.78, 5) is 61.3. The second-order valence-electron chi connectivity index (χ2n) is 5.41. The van der Waals surface area contributed by atoms with Crippen LogP contribution in [-0.4, -0.2) is 93.1 Å². The number of carboxylic acid groups (broad SMARTS) is 4. The number of nitrogens with two attached hydrogens (primary N) is 2. The van der Waals surface area contributed by atoms with E-state index >= 15 is 0 Å². The van der Waals surface area contributed by atoms with Gasteiger partial charge in [-0.15, -0.1) is 0 Å². The van der Waals surface area contributed by atoms with Crippen LogP contribution < -0.4 is 22.1 Å². The number of hydrogen-bond donors (Lipinski definition) is 8. The summed E-state index contributed by atoms with van der Waals surface area (Å²) in [5, 5.41) is 34.2. The zero-order chi connectivity index (χ0) is 26.4. The zero-order valence-electron chi connectivity index (χ0n) is 16.5. The summed E-state index contributed by atoms with van der Waals surface area (Å²) in [6.07, 6.45) is 0. The molecule has 0 spiro atoms. The third kappa shape index (κ3) is 12.2. The Kier molecular flexibility index (Phi) is 15.0. The second-order valence-corrected chi connectivity index (χ2v) is 5.41. The molecule has 2 amide bonds. The molecule has 2 atom stereocenters. The Labute approximate surface area is 176 Å². The lowest BCUT2D eigenvalue weighted by atomic mass is 10.1. The van der Waals surface area contributed by atoms with E-state index in [4.69, 9.17) is 20.4 Å². The van der Waals surface area contributed by atoms with E-state index in [1.165, 1.54) is 0 Å². The molecular weight excluding hydrogens is 460 g/mol. The number of carbonyl (C=O) groups is 6. The van der Waals surface area contributed by atoms with Crippen LogP contribution in [0.4, 0.5) is 17.6 Å². The maximum Gasteiger partial charge on any atom is 0.395 e. The van der Waals surface area contributed by atoms with Crippen LogP contribution in [0.5, 0.6) is 0 Å². The van der Waals surface area contributed by atoms with E-state index in [1.807, 2.05) is 0 Å². The summed E-state index contributed by atoms with van der Waals surface area (Å²) in [6, 6.07) is -3.81. The monoisotopic (exact) mass is 482 g/mol. The molecule has 0 unspecified atom stereocenters. The highest BCUT2D eigenvalue weighted by atomic mass is 19.3. The fraction of sp³-hybridized carbons (Fsp3) is 0.571. The van der Waals surface area contributed by atoms with Crippen LogP contribution in [0.2, 0.25) is 0 Å². The molecule has 0 saturated heterocycles. The number of nitrogens with one attached hydrogen (secondary N) is 2. The smallest absolute Gasteiger partial charge is 0.395 e. The molecular formula is C14H22F4N4O10. The van der Waals surface area contributed by atoms with E-state index in [9.17, 15) is 46.3 Å². The highest BCUT2D eigenvalue weighted by Gasteiger charge is 2.67. The molecule has 0 heterocycles. The summed E-state index contributed by atoms with van der Waals surface area (Å²) in [6.45, 7) is 0.919. The van der Waals surface area contributed by atoms with Crippen LogP contribution in [0.15, 0.2) is 0 Å². The van der Waals surface area contributed by atoms with Gasteiger partial charge in [-0.05, 0) is 13.8 Å². The van der Waals surface area contributed by atoms with Crippen molar-refractivity contribution in [3.05, 3.63) is 0 Å². The van der Waals surface area contributed by atoms with Crippen LogP contribution in [-0.2, 0) is 28.8 Å². The molecule has 0 rings (SSSR count). The van der Waals surface area contributed by atoms with Crippen molar-refractivity contribution in [3.8, 4) is 0 Å². The molecule has 0 radical (unpaired) electrons. The van der Waals surface area contributed by atoms with E-state index in [0.717, 1.165) is 24.5 Å². The average molecular weight is 482 g/mol. The van der Waals surface area contributed by atoms with Crippen molar-refractivity contribution in [2.75, 3.05) is 13.1 Å². The van der Waals surface area contributed by atoms with Gasteiger partial charge in [-0.25, -0.2) is 0 Å². The number of aliphatic carboxylic acids is 4. The Balaban J connectivity index is -0.000000695. The number of alkyl halides is 4. The predicted molar refractivity (Wildman–Crippen MR) is 93.8 cm³/mol. The second kappa shape index (κ2) is 14.5. The van der Waals surface area contributed by atoms with Gasteiger partial charge in [0.15, 0.2) is 0 Å². The van der Waals surface area contributed by atoms with Crippen LogP contribution in [0, 0.1) is 0 Å². The van der Waals surface area contributed by atoms with E-state index in [0.29, 0.717) is 0 Å². The van der Waals surface area contributed by atoms with Gasteiger partial charge in [-0.3, -0.25) is 28.8 Å². The largest absolute Gasteiger partial charge is 0.480 e. The first kappa shape index (κ1) is 33.1. The van der Waals surface area contributed by atoms with Gasteiger partial charge in [0.25, 0.3) is 11.8 Å². The maximum absolute atomic E-state index is 13.4. The van der Waals surface area contributed by atoms with Crippen molar-refractivity contribution in [1.82, 2.24) is 10.6 Å². The molecule has 0 fully saturated rings. The fourth-order valence-corrected chi connectivity index (χ4v) is 0.983. The quantitative estimate of drug-likeness (QED) is 0.159. The SMILES string of the molecule is C[C@H](NC(=O)C(F)(F)C(F)(F)C(=O)N[C@@H](C)C(=O)O)C(=O)O.NCC(=O)O.NCC(=O)O. The summed E-state index contributed by atoms with van der Waals surface area (Å²) < 4.78 is 53.4. The molecule has 0 aromatic rings. The molecule has 14 nitrogen and oxygen atoms in total. The Hall–Kier alpha value is -3.54. The van der Waals surface area contributed by atoms with E-state index in [1.54, 1.807) is 0 Å². The van der Waals surface area contributed by atoms with Gasteiger partial charge in [0.05, 0.1) is 13.1 Å². The normalized spacial score (nSPS) is 12.4. The first-order chi connectivity index (χ1) is 14.3. The van der Waals surface area contributed by atoms with Gasteiger partial charge < -0.3 is 42.5 Å². The third-order valence-electron chi connectivity index (χ3n) is 2.75. The molecule has 0 aliphatic heterocycles. The fourth-order valence-electron chi connectivity index (χ4n) is 0.983. The van der Waals surface area contributed by atoms with Gasteiger partial charge in [0, 0.05) is 0 Å². The highest BCUT2D eigenvalue weighted by Crippen LogP contribution is 2.35. The summed E-state index contributed by atoms with van der Waals surface area (Å²) >= 11 is 0. The summed E-state index contributed by atoms with van der Waals surface area (Å²) in [5.74, 6) is -22.0. The van der Waals surface area contributed by atoms with Crippen molar-refractivity contribution in [2.45, 2.75) is 37.8 Å². The predicted octanol–water partition coefficient (Wildman–Crippen LogP) is -2.50. The molecule has 186 valence electrons. The van der Waals surface area contributed by atoms with Crippen molar-refractivity contribution < 1.29 is 66.8 Å². The van der Waals surface area contributed by atoms with Gasteiger partial charge >= 0.3 is 35.7 Å². The van der Waals surface area contributed by atoms with Crippen LogP contribution in [0.3, 0.4) is 0 Å². The van der Waals surface area contributed by atoms with Crippen LogP contribution in [0.1, 0.15) is 13.8 Å². The first-order valence-electron chi connectivity index (χ1n) is 7.96. The van der Waals surface area contributed by atoms with Crippen molar-refractivity contribution in [2.24, 2.45) is 11.5 Å². The van der Waals surface area contributed by atoms with Crippen molar-refractivity contribution >= 4 is 35.7 Å². The maximum atomic E-state index is 13.4. The van der Waals surface area contributed by atoms with Gasteiger partial charge in [-0.1, -0.05) is 0 Å². The van der Waals surface area contributed by atoms with Crippen LogP contribution >= 0.6 is 0 Å². The standard InChI is InChI=1S/C10H12F4N2O6.2C2H5NO2/c1-3(5(17)18)15-7(21)9(11,12)10(13,14)8(22)16-4(2)6(19)20;2*3-1-2(4)5/h3-4H,1-2H3,(H,15,21)(H,16,22)(H,17,18)(H,19,20);2*1,3H2,(H,4,5)/t3-,4-;;/m0../s1. The zero-order valence-corrected chi connectivity index (χ0v) is 16.5. The molecule has 0 aromatic carbocycles. The lowest BCUT2D eigenvalue weighted by Crippen LogP contribution is -2.62. The van der Waals surface area contributed by atoms with Gasteiger partial charge in [-0.2, -0.15) is 17.6 Å². The number of halogens is 4. The topological polar surface area (TPSA) is 259 Å². The van der Waals surface area contributed by atoms with Crippen molar-refractivity contribution in [1.29, 1.82) is 0 Å². The van der Waals surface area contributed by atoms with E-state index in [-0.39, 0.29) is 13.1 Å². The molecule has 0 aliphatic carbocycles. The molecule has 18 heteroatoms. The highest BCUT2D eigenvalue weighted by molar-refractivity contribution is 5.97. The minimum atomic E-state index is -5.58. The molecule has 32 heavy (non-hydrogen) atoms. The van der Waals surface area contributed by atoms with Crippen molar-refractivity contribution in [3.63, 3.8) is 0 Å². The molecule has 0 aromatic heterocycles. The number of hydrogen-bond acceptors (Lipinski definition) is 8. The molecule has 0 saturated carbocycles. The molecule has 10 N–H and O–H groups in total. The van der Waals surface area contributed by atoms with E-state index in [2.05, 4.69) is 11.5 Å². The summed E-state index contributed by atoms with van der Waals surface area (Å²) in [7, 11) is 0. The lowest BCUT2D eigenvalue weighted by molar-refractivity contribution is -0.212. The Morgan fingerprint density at radius 3 is 1.00 bits per heavy atom. The van der Waals surface area contributed by atoms with Gasteiger partial charge in [0.2, 0.25) is 0 Å². The van der Waals surface area contributed by atoms with E-state index < -0.39 is 59.6 Å². The number of carbonyl (C=O) groups excluding carboxylic acids is 2.